The van der Waals surface area contributed by atoms with Crippen molar-refractivity contribution in [1.29, 1.82) is 0 Å². The Morgan fingerprint density at radius 2 is 1.48 bits per heavy atom. The number of aromatic nitrogens is 5. The summed E-state index contributed by atoms with van der Waals surface area (Å²) in [6.45, 7) is 0. The summed E-state index contributed by atoms with van der Waals surface area (Å²) in [6, 6.07) is 10.1. The van der Waals surface area contributed by atoms with E-state index in [2.05, 4.69) is 30.1 Å². The summed E-state index contributed by atoms with van der Waals surface area (Å²) in [6.07, 6.45) is 5.93. The van der Waals surface area contributed by atoms with E-state index in [0.717, 1.165) is 0 Å². The normalized spacial score (nSPS) is 10.3. The second-order valence-corrected chi connectivity index (χ2v) is 5.24. The second-order valence-electron chi connectivity index (χ2n) is 3.66. The molecule has 3 aromatic rings. The Bertz CT molecular complexity index is 715. The molecule has 108 valence electrons. The SMILES string of the molecule is O=S(=O)(Nc1ccccc1)c1ncccn1.c1cn[nH]n1. The van der Waals surface area contributed by atoms with E-state index in [1.54, 1.807) is 48.8 Å². The van der Waals surface area contributed by atoms with Crippen molar-refractivity contribution in [3.05, 3.63) is 61.2 Å². The van der Waals surface area contributed by atoms with Crippen LogP contribution in [-0.4, -0.2) is 33.8 Å². The molecule has 2 aromatic heterocycles. The van der Waals surface area contributed by atoms with E-state index in [1.165, 1.54) is 12.4 Å². The predicted molar refractivity (Wildman–Crippen MR) is 75.7 cm³/mol. The number of anilines is 1. The van der Waals surface area contributed by atoms with E-state index in [1.807, 2.05) is 0 Å². The van der Waals surface area contributed by atoms with Gasteiger partial charge in [0.2, 0.25) is 0 Å². The van der Waals surface area contributed by atoms with Crippen LogP contribution in [0.25, 0.3) is 0 Å². The molecule has 3 rings (SSSR count). The molecule has 0 saturated heterocycles. The minimum absolute atomic E-state index is 0.237. The number of nitrogens with one attached hydrogen (secondary N) is 2. The molecule has 2 N–H and O–H groups in total. The first-order valence-electron chi connectivity index (χ1n) is 5.83. The van der Waals surface area contributed by atoms with Gasteiger partial charge in [-0.3, -0.25) is 4.72 Å². The van der Waals surface area contributed by atoms with E-state index in [4.69, 9.17) is 0 Å². The third kappa shape index (κ3) is 4.66. The molecule has 0 aliphatic carbocycles. The van der Waals surface area contributed by atoms with E-state index >= 15 is 0 Å². The zero-order chi connectivity index (χ0) is 15.0. The molecule has 8 nitrogen and oxygen atoms in total. The van der Waals surface area contributed by atoms with Crippen LogP contribution in [0.5, 0.6) is 0 Å². The average Bonchev–Trinajstić information content (AvgIpc) is 3.08. The lowest BCUT2D eigenvalue weighted by Crippen LogP contribution is -2.15. The summed E-state index contributed by atoms with van der Waals surface area (Å²) in [4.78, 5) is 7.37. The first-order valence-corrected chi connectivity index (χ1v) is 7.31. The van der Waals surface area contributed by atoms with Gasteiger partial charge in [0.25, 0.3) is 15.2 Å². The molecular weight excluding hydrogens is 292 g/mol. The summed E-state index contributed by atoms with van der Waals surface area (Å²) in [7, 11) is -3.69. The Balaban J connectivity index is 0.000000272. The fourth-order valence-electron chi connectivity index (χ4n) is 1.30. The van der Waals surface area contributed by atoms with E-state index in [0.29, 0.717) is 5.69 Å². The molecule has 2 heterocycles. The Kier molecular flexibility index (Phi) is 4.94. The number of hydrogen-bond donors (Lipinski definition) is 2. The van der Waals surface area contributed by atoms with Gasteiger partial charge in [-0.05, 0) is 18.2 Å². The zero-order valence-corrected chi connectivity index (χ0v) is 11.6. The van der Waals surface area contributed by atoms with Crippen molar-refractivity contribution in [1.82, 2.24) is 25.4 Å². The lowest BCUT2D eigenvalue weighted by Gasteiger charge is -2.05. The maximum atomic E-state index is 11.8. The molecule has 21 heavy (non-hydrogen) atoms. The van der Waals surface area contributed by atoms with Gasteiger partial charge in [0.1, 0.15) is 0 Å². The number of aromatic amines is 1. The Labute approximate surface area is 121 Å². The smallest absolute Gasteiger partial charge is 0.277 e. The number of sulfonamides is 1. The van der Waals surface area contributed by atoms with Crippen LogP contribution in [0, 0.1) is 0 Å². The van der Waals surface area contributed by atoms with Gasteiger partial charge in [-0.15, -0.1) is 0 Å². The molecule has 0 spiro atoms. The van der Waals surface area contributed by atoms with Gasteiger partial charge in [0.05, 0.1) is 12.4 Å². The van der Waals surface area contributed by atoms with Crippen molar-refractivity contribution in [3.63, 3.8) is 0 Å². The molecule has 0 atom stereocenters. The van der Waals surface area contributed by atoms with Crippen molar-refractivity contribution >= 4 is 15.7 Å². The average molecular weight is 304 g/mol. The molecule has 0 bridgehead atoms. The lowest BCUT2D eigenvalue weighted by molar-refractivity contribution is 0.592. The predicted octanol–water partition coefficient (Wildman–Crippen LogP) is 1.08. The van der Waals surface area contributed by atoms with Gasteiger partial charge in [-0.2, -0.15) is 23.8 Å². The number of benzene rings is 1. The highest BCUT2D eigenvalue weighted by Crippen LogP contribution is 2.11. The number of H-pyrrole nitrogens is 1. The summed E-state index contributed by atoms with van der Waals surface area (Å²) >= 11 is 0. The molecule has 0 unspecified atom stereocenters. The largest absolute Gasteiger partial charge is 0.297 e. The summed E-state index contributed by atoms with van der Waals surface area (Å²) < 4.78 is 25.9. The molecule has 0 fully saturated rings. The van der Waals surface area contributed by atoms with Gasteiger partial charge in [0.15, 0.2) is 0 Å². The number of nitrogens with zero attached hydrogens (tertiary/aromatic N) is 4. The molecule has 9 heteroatoms. The van der Waals surface area contributed by atoms with Crippen LogP contribution in [0.4, 0.5) is 5.69 Å². The van der Waals surface area contributed by atoms with Crippen LogP contribution in [0.15, 0.2) is 66.3 Å². The highest BCUT2D eigenvalue weighted by molar-refractivity contribution is 7.92. The van der Waals surface area contributed by atoms with E-state index < -0.39 is 10.0 Å². The van der Waals surface area contributed by atoms with Crippen molar-refractivity contribution in [3.8, 4) is 0 Å². The summed E-state index contributed by atoms with van der Waals surface area (Å²) in [5.74, 6) is 0. The second kappa shape index (κ2) is 7.10. The van der Waals surface area contributed by atoms with E-state index in [-0.39, 0.29) is 5.16 Å². The Morgan fingerprint density at radius 1 is 0.857 bits per heavy atom. The fraction of sp³-hybridized carbons (Fsp3) is 0. The molecule has 1 aromatic carbocycles. The number of rotatable bonds is 3. The standard InChI is InChI=1S/C10H9N3O2S.C2H3N3/c14-16(15,10-11-7-4-8-12-10)13-9-5-2-1-3-6-9;1-2-4-5-3-1/h1-8,13H;1-2H,(H,3,4,5). The highest BCUT2D eigenvalue weighted by atomic mass is 32.2. The molecule has 0 amide bonds. The minimum atomic E-state index is -3.69. The third-order valence-corrected chi connectivity index (χ3v) is 3.34. The van der Waals surface area contributed by atoms with Crippen molar-refractivity contribution < 1.29 is 8.42 Å². The van der Waals surface area contributed by atoms with Crippen LogP contribution < -0.4 is 4.72 Å². The number of para-hydroxylation sites is 1. The molecule has 0 aliphatic heterocycles. The zero-order valence-electron chi connectivity index (χ0n) is 10.8. The maximum Gasteiger partial charge on any atom is 0.297 e. The van der Waals surface area contributed by atoms with Crippen LogP contribution in [0.3, 0.4) is 0 Å². The highest BCUT2D eigenvalue weighted by Gasteiger charge is 2.16. The van der Waals surface area contributed by atoms with Gasteiger partial charge in [-0.1, -0.05) is 18.2 Å². The van der Waals surface area contributed by atoms with E-state index in [9.17, 15) is 8.42 Å². The number of hydrogen-bond acceptors (Lipinski definition) is 6. The maximum absolute atomic E-state index is 11.8. The lowest BCUT2D eigenvalue weighted by atomic mass is 10.3. The molecule has 0 aliphatic rings. The molecule has 0 saturated carbocycles. The van der Waals surface area contributed by atoms with Crippen LogP contribution in [-0.2, 0) is 10.0 Å². The molecular formula is C12H12N6O2S. The topological polar surface area (TPSA) is 114 Å². The van der Waals surface area contributed by atoms with Crippen LogP contribution in [0.2, 0.25) is 0 Å². The summed E-state index contributed by atoms with van der Waals surface area (Å²) in [5.41, 5.74) is 0.481. The van der Waals surface area contributed by atoms with Crippen LogP contribution >= 0.6 is 0 Å². The van der Waals surface area contributed by atoms with Crippen molar-refractivity contribution in [2.45, 2.75) is 5.16 Å². The molecule has 0 radical (unpaired) electrons. The monoisotopic (exact) mass is 304 g/mol. The van der Waals surface area contributed by atoms with Gasteiger partial charge in [-0.25, -0.2) is 9.97 Å². The third-order valence-electron chi connectivity index (χ3n) is 2.14. The Morgan fingerprint density at radius 3 is 2.00 bits per heavy atom. The summed E-state index contributed by atoms with van der Waals surface area (Å²) in [5, 5.41) is 9.10. The van der Waals surface area contributed by atoms with Gasteiger partial charge < -0.3 is 0 Å². The minimum Gasteiger partial charge on any atom is -0.277 e. The first-order chi connectivity index (χ1) is 10.2. The first kappa shape index (κ1) is 14.6. The van der Waals surface area contributed by atoms with Gasteiger partial charge in [0, 0.05) is 18.1 Å². The van der Waals surface area contributed by atoms with Gasteiger partial charge >= 0.3 is 0 Å². The quantitative estimate of drug-likeness (QED) is 0.700. The Hall–Kier alpha value is -2.81. The fourth-order valence-corrected chi connectivity index (χ4v) is 2.23. The van der Waals surface area contributed by atoms with Crippen molar-refractivity contribution in [2.75, 3.05) is 4.72 Å². The van der Waals surface area contributed by atoms with Crippen molar-refractivity contribution in [2.24, 2.45) is 0 Å². The van der Waals surface area contributed by atoms with Crippen LogP contribution in [0.1, 0.15) is 0 Å².